The molecule has 0 heterocycles. The molecule has 0 aliphatic heterocycles. The number of rotatable bonds is 4. The van der Waals surface area contributed by atoms with Gasteiger partial charge in [-0.15, -0.1) is 0 Å². The fourth-order valence-electron chi connectivity index (χ4n) is 3.13. The molecule has 1 heteroatoms. The van der Waals surface area contributed by atoms with Gasteiger partial charge in [-0.1, -0.05) is 0 Å². The quantitative estimate of drug-likeness (QED) is 0.498. The molecule has 102 valence electrons. The van der Waals surface area contributed by atoms with E-state index in [-0.39, 0.29) is 0 Å². The van der Waals surface area contributed by atoms with Crippen LogP contribution in [0, 0.1) is 0 Å². The third kappa shape index (κ3) is 2.82. The van der Waals surface area contributed by atoms with Gasteiger partial charge in [-0.25, -0.2) is 0 Å². The Bertz CT molecular complexity index is 476. The van der Waals surface area contributed by atoms with Crippen LogP contribution in [0.3, 0.4) is 0 Å². The molecule has 0 N–H and O–H groups in total. The Balaban J connectivity index is 2.35. The molecule has 0 bridgehead atoms. The average Bonchev–Trinajstić information content (AvgIpc) is 2.83. The third-order valence-electron chi connectivity index (χ3n) is 4.80. The van der Waals surface area contributed by atoms with Crippen molar-refractivity contribution in [3.8, 4) is 0 Å². The second-order valence-corrected chi connectivity index (χ2v) is 10.4. The summed E-state index contributed by atoms with van der Waals surface area (Å²) in [7, 11) is 0. The summed E-state index contributed by atoms with van der Waals surface area (Å²) in [6.07, 6.45) is 5.04. The van der Waals surface area contributed by atoms with Gasteiger partial charge in [-0.3, -0.25) is 0 Å². The summed E-state index contributed by atoms with van der Waals surface area (Å²) >= 11 is -0.846. The van der Waals surface area contributed by atoms with E-state index in [1.165, 1.54) is 25.7 Å². The molecule has 0 amide bonds. The zero-order chi connectivity index (χ0) is 14.2. The summed E-state index contributed by atoms with van der Waals surface area (Å²) in [4.78, 5) is 0. The van der Waals surface area contributed by atoms with Crippen LogP contribution in [-0.4, -0.2) is 0 Å². The van der Waals surface area contributed by atoms with Crippen molar-refractivity contribution in [1.29, 1.82) is 0 Å². The summed E-state index contributed by atoms with van der Waals surface area (Å²) in [5, 5.41) is 0. The number of hydrogen-bond acceptors (Lipinski definition) is 0. The first-order chi connectivity index (χ1) is 8.99. The molecule has 0 spiro atoms. The van der Waals surface area contributed by atoms with Crippen molar-refractivity contribution in [3.63, 3.8) is 0 Å². The molecule has 0 saturated carbocycles. The van der Waals surface area contributed by atoms with Gasteiger partial charge in [0.2, 0.25) is 0 Å². The molecular weight excluding hydrogens is 395 g/mol. The first-order valence-electron chi connectivity index (χ1n) is 7.54. The normalized spacial score (nSPS) is 20.3. The Morgan fingerprint density at radius 2 is 1.11 bits per heavy atom. The summed E-state index contributed by atoms with van der Waals surface area (Å²) in [6, 6.07) is 0. The fraction of sp³-hybridized carbons (Fsp3) is 0.556. The SMILES string of the molecule is CCC1=[C]([Hf][C]2=C(CC)CC(C)=C2C)C(C)=C(C)C1. The molecule has 0 unspecified atom stereocenters. The van der Waals surface area contributed by atoms with E-state index in [4.69, 9.17) is 0 Å². The number of allylic oxidation sites excluding steroid dienone is 8. The second kappa shape index (κ2) is 6.08. The van der Waals surface area contributed by atoms with Crippen LogP contribution in [-0.2, 0) is 22.9 Å². The molecule has 0 atom stereocenters. The molecule has 0 saturated heterocycles. The van der Waals surface area contributed by atoms with Crippen molar-refractivity contribution in [3.05, 3.63) is 40.1 Å². The first kappa shape index (κ1) is 15.2. The van der Waals surface area contributed by atoms with Gasteiger partial charge < -0.3 is 0 Å². The molecule has 0 fully saturated rings. The van der Waals surface area contributed by atoms with Gasteiger partial charge in [0.05, 0.1) is 0 Å². The van der Waals surface area contributed by atoms with Crippen LogP contribution in [0.5, 0.6) is 0 Å². The van der Waals surface area contributed by atoms with E-state index >= 15 is 0 Å². The van der Waals surface area contributed by atoms with Crippen molar-refractivity contribution in [2.24, 2.45) is 0 Å². The van der Waals surface area contributed by atoms with E-state index < -0.39 is 22.9 Å². The summed E-state index contributed by atoms with van der Waals surface area (Å²) in [5.41, 5.74) is 10.1. The average molecular weight is 421 g/mol. The minimum atomic E-state index is -0.846. The van der Waals surface area contributed by atoms with Crippen LogP contribution < -0.4 is 0 Å². The summed E-state index contributed by atoms with van der Waals surface area (Å²) in [5.74, 6) is 0. The van der Waals surface area contributed by atoms with Crippen molar-refractivity contribution in [2.75, 3.05) is 0 Å². The zero-order valence-corrected chi connectivity index (χ0v) is 16.9. The van der Waals surface area contributed by atoms with E-state index in [0.717, 1.165) is 0 Å². The molecule has 2 aliphatic rings. The topological polar surface area (TPSA) is 0 Å². The molecule has 0 aromatic rings. The molecule has 19 heavy (non-hydrogen) atoms. The Hall–Kier alpha value is -0.170. The van der Waals surface area contributed by atoms with E-state index in [1.807, 2.05) is 6.66 Å². The van der Waals surface area contributed by atoms with Crippen molar-refractivity contribution < 1.29 is 22.9 Å². The Labute approximate surface area is 130 Å². The molecule has 2 rings (SSSR count). The van der Waals surface area contributed by atoms with Gasteiger partial charge in [-0.05, 0) is 0 Å². The monoisotopic (exact) mass is 422 g/mol. The van der Waals surface area contributed by atoms with Gasteiger partial charge in [0.25, 0.3) is 0 Å². The molecule has 2 aliphatic carbocycles. The molecule has 0 aromatic carbocycles. The van der Waals surface area contributed by atoms with Crippen molar-refractivity contribution in [2.45, 2.75) is 67.2 Å². The second-order valence-electron chi connectivity index (χ2n) is 5.95. The van der Waals surface area contributed by atoms with Crippen LogP contribution in [0.2, 0.25) is 0 Å². The van der Waals surface area contributed by atoms with E-state index in [0.29, 0.717) is 0 Å². The van der Waals surface area contributed by atoms with Gasteiger partial charge >= 0.3 is 130 Å². The Morgan fingerprint density at radius 1 is 0.737 bits per heavy atom. The summed E-state index contributed by atoms with van der Waals surface area (Å²) in [6.45, 7) is 14.1. The third-order valence-corrected chi connectivity index (χ3v) is 11.8. The molecule has 0 radical (unpaired) electrons. The Kier molecular flexibility index (Phi) is 4.87. The summed E-state index contributed by atoms with van der Waals surface area (Å²) < 4.78 is 3.69. The van der Waals surface area contributed by atoms with Crippen molar-refractivity contribution >= 4 is 0 Å². The van der Waals surface area contributed by atoms with E-state index in [1.54, 1.807) is 33.4 Å². The van der Waals surface area contributed by atoms with E-state index in [9.17, 15) is 0 Å². The Morgan fingerprint density at radius 3 is 1.42 bits per heavy atom. The van der Waals surface area contributed by atoms with Crippen molar-refractivity contribution in [1.82, 2.24) is 0 Å². The van der Waals surface area contributed by atoms with Crippen LogP contribution in [0.15, 0.2) is 40.1 Å². The predicted molar refractivity (Wildman–Crippen MR) is 80.6 cm³/mol. The minimum absolute atomic E-state index is 0.846. The molecule has 0 aromatic heterocycles. The van der Waals surface area contributed by atoms with Gasteiger partial charge in [0, 0.05) is 0 Å². The van der Waals surface area contributed by atoms with E-state index in [2.05, 4.69) is 41.5 Å². The van der Waals surface area contributed by atoms with Gasteiger partial charge in [-0.2, -0.15) is 0 Å². The van der Waals surface area contributed by atoms with Crippen LogP contribution >= 0.6 is 0 Å². The zero-order valence-electron chi connectivity index (χ0n) is 13.3. The maximum absolute atomic E-state index is 2.37. The van der Waals surface area contributed by atoms with Crippen LogP contribution in [0.25, 0.3) is 0 Å². The van der Waals surface area contributed by atoms with Gasteiger partial charge in [0.1, 0.15) is 0 Å². The fourth-order valence-corrected chi connectivity index (χ4v) is 10.1. The predicted octanol–water partition coefficient (Wildman–Crippen LogP) is 5.88. The molecular formula is C18H26Hf. The maximum atomic E-state index is 2.37. The first-order valence-corrected chi connectivity index (χ1v) is 11.1. The molecule has 0 nitrogen and oxygen atoms in total. The van der Waals surface area contributed by atoms with Gasteiger partial charge in [0.15, 0.2) is 0 Å². The van der Waals surface area contributed by atoms with Crippen LogP contribution in [0.1, 0.15) is 67.2 Å². The standard InChI is InChI=1S/2C9H13.Hf/c2*1-4-9-5-7(2)8(3)6-9;/h2*4-5H2,1-3H3;. The number of hydrogen-bond donors (Lipinski definition) is 0. The van der Waals surface area contributed by atoms with Crippen LogP contribution in [0.4, 0.5) is 0 Å².